The molecule has 18 heavy (non-hydrogen) atoms. The lowest BCUT2D eigenvalue weighted by atomic mass is 10.2. The predicted molar refractivity (Wildman–Crippen MR) is 76.4 cm³/mol. The fourth-order valence-corrected chi connectivity index (χ4v) is 1.82. The molecule has 0 aliphatic carbocycles. The van der Waals surface area contributed by atoms with Gasteiger partial charge in [-0.3, -0.25) is 0 Å². The maximum absolute atomic E-state index is 5.64. The first-order chi connectivity index (χ1) is 8.78. The minimum absolute atomic E-state index is 0.519. The molecule has 0 amide bonds. The number of hydrogen-bond acceptors (Lipinski definition) is 3. The second-order valence-electron chi connectivity index (χ2n) is 3.88. The first-order valence-corrected chi connectivity index (χ1v) is 6.53. The van der Waals surface area contributed by atoms with Crippen LogP contribution >= 0.6 is 15.9 Å². The van der Waals surface area contributed by atoms with E-state index in [-0.39, 0.29) is 0 Å². The van der Waals surface area contributed by atoms with E-state index in [1.807, 2.05) is 49.5 Å². The van der Waals surface area contributed by atoms with Crippen molar-refractivity contribution >= 4 is 21.7 Å². The van der Waals surface area contributed by atoms with E-state index in [4.69, 9.17) is 4.74 Å². The Kier molecular flexibility index (Phi) is 4.73. The topological polar surface area (TPSA) is 34.1 Å². The van der Waals surface area contributed by atoms with Crippen LogP contribution in [0.3, 0.4) is 0 Å². The van der Waals surface area contributed by atoms with Crippen LogP contribution in [0.1, 0.15) is 11.3 Å². The molecule has 0 saturated heterocycles. The van der Waals surface area contributed by atoms with E-state index >= 15 is 0 Å². The molecule has 1 heterocycles. The standard InChI is InChI=1S/C14H15BrN2O/c1-16-14-4-2-3-13(17-14)10-18-9-11-5-7-12(15)8-6-11/h2-8H,9-10H2,1H3,(H,16,17). The summed E-state index contributed by atoms with van der Waals surface area (Å²) in [5.74, 6) is 0.861. The van der Waals surface area contributed by atoms with Crippen molar-refractivity contribution < 1.29 is 4.74 Å². The molecule has 0 spiro atoms. The molecule has 1 aromatic heterocycles. The minimum atomic E-state index is 0.519. The first kappa shape index (κ1) is 13.1. The summed E-state index contributed by atoms with van der Waals surface area (Å²) in [5, 5.41) is 3.01. The normalized spacial score (nSPS) is 10.3. The molecule has 0 fully saturated rings. The number of benzene rings is 1. The number of halogens is 1. The van der Waals surface area contributed by atoms with Gasteiger partial charge in [0.25, 0.3) is 0 Å². The zero-order chi connectivity index (χ0) is 12.8. The zero-order valence-electron chi connectivity index (χ0n) is 10.2. The summed E-state index contributed by atoms with van der Waals surface area (Å²) in [6, 6.07) is 14.0. The van der Waals surface area contributed by atoms with Gasteiger partial charge in [0, 0.05) is 11.5 Å². The third-order valence-corrected chi connectivity index (χ3v) is 3.02. The van der Waals surface area contributed by atoms with Crippen molar-refractivity contribution in [3.8, 4) is 0 Å². The van der Waals surface area contributed by atoms with Crippen molar-refractivity contribution in [1.29, 1.82) is 0 Å². The first-order valence-electron chi connectivity index (χ1n) is 5.74. The zero-order valence-corrected chi connectivity index (χ0v) is 11.8. The molecular formula is C14H15BrN2O. The van der Waals surface area contributed by atoms with Crippen LogP contribution in [0.2, 0.25) is 0 Å². The fourth-order valence-electron chi connectivity index (χ4n) is 1.55. The van der Waals surface area contributed by atoms with Gasteiger partial charge in [0.2, 0.25) is 0 Å². The Balaban J connectivity index is 1.86. The van der Waals surface area contributed by atoms with Gasteiger partial charge in [0.05, 0.1) is 18.9 Å². The van der Waals surface area contributed by atoms with Crippen molar-refractivity contribution in [1.82, 2.24) is 4.98 Å². The minimum Gasteiger partial charge on any atom is -0.373 e. The molecular weight excluding hydrogens is 292 g/mol. The number of nitrogens with one attached hydrogen (secondary N) is 1. The molecule has 3 nitrogen and oxygen atoms in total. The van der Waals surface area contributed by atoms with Gasteiger partial charge in [-0.1, -0.05) is 34.1 Å². The molecule has 94 valence electrons. The molecule has 0 atom stereocenters. The van der Waals surface area contributed by atoms with Crippen LogP contribution in [0.5, 0.6) is 0 Å². The number of ether oxygens (including phenoxy) is 1. The Morgan fingerprint density at radius 2 is 1.89 bits per heavy atom. The molecule has 4 heteroatoms. The number of rotatable bonds is 5. The van der Waals surface area contributed by atoms with E-state index in [9.17, 15) is 0 Å². The largest absolute Gasteiger partial charge is 0.373 e. The van der Waals surface area contributed by atoms with E-state index < -0.39 is 0 Å². The summed E-state index contributed by atoms with van der Waals surface area (Å²) >= 11 is 3.41. The maximum Gasteiger partial charge on any atom is 0.126 e. The van der Waals surface area contributed by atoms with Crippen molar-refractivity contribution in [2.45, 2.75) is 13.2 Å². The van der Waals surface area contributed by atoms with Crippen LogP contribution in [-0.2, 0) is 18.0 Å². The third kappa shape index (κ3) is 3.82. The molecule has 1 aromatic carbocycles. The highest BCUT2D eigenvalue weighted by Gasteiger charge is 1.98. The highest BCUT2D eigenvalue weighted by molar-refractivity contribution is 9.10. The smallest absolute Gasteiger partial charge is 0.126 e. The summed E-state index contributed by atoms with van der Waals surface area (Å²) < 4.78 is 6.72. The average molecular weight is 307 g/mol. The second kappa shape index (κ2) is 6.52. The van der Waals surface area contributed by atoms with E-state index in [1.165, 1.54) is 0 Å². The van der Waals surface area contributed by atoms with Gasteiger partial charge in [-0.2, -0.15) is 0 Å². The molecule has 2 aromatic rings. The Hall–Kier alpha value is -1.39. The van der Waals surface area contributed by atoms with Crippen LogP contribution in [0, 0.1) is 0 Å². The second-order valence-corrected chi connectivity index (χ2v) is 4.80. The number of aromatic nitrogens is 1. The van der Waals surface area contributed by atoms with Crippen molar-refractivity contribution in [3.63, 3.8) is 0 Å². The Morgan fingerprint density at radius 3 is 2.61 bits per heavy atom. The van der Waals surface area contributed by atoms with Gasteiger partial charge in [-0.05, 0) is 29.8 Å². The molecule has 0 aliphatic heterocycles. The Morgan fingerprint density at radius 1 is 1.11 bits per heavy atom. The van der Waals surface area contributed by atoms with E-state index in [0.29, 0.717) is 13.2 Å². The van der Waals surface area contributed by atoms with Gasteiger partial charge in [-0.15, -0.1) is 0 Å². The molecule has 2 rings (SSSR count). The quantitative estimate of drug-likeness (QED) is 0.916. The van der Waals surface area contributed by atoms with Crippen LogP contribution in [-0.4, -0.2) is 12.0 Å². The van der Waals surface area contributed by atoms with Crippen LogP contribution in [0.15, 0.2) is 46.9 Å². The Labute approximate surface area is 115 Å². The predicted octanol–water partition coefficient (Wildman–Crippen LogP) is 3.60. The summed E-state index contributed by atoms with van der Waals surface area (Å²) in [6.45, 7) is 1.12. The molecule has 0 aliphatic rings. The monoisotopic (exact) mass is 306 g/mol. The van der Waals surface area contributed by atoms with Crippen LogP contribution in [0.25, 0.3) is 0 Å². The van der Waals surface area contributed by atoms with E-state index in [0.717, 1.165) is 21.5 Å². The number of pyridine rings is 1. The summed E-state index contributed by atoms with van der Waals surface area (Å²) in [6.07, 6.45) is 0. The Bertz CT molecular complexity index is 499. The fraction of sp³-hybridized carbons (Fsp3) is 0.214. The van der Waals surface area contributed by atoms with Crippen molar-refractivity contribution in [3.05, 3.63) is 58.2 Å². The molecule has 0 saturated carbocycles. The van der Waals surface area contributed by atoms with Gasteiger partial charge in [-0.25, -0.2) is 4.98 Å². The summed E-state index contributed by atoms with van der Waals surface area (Å²) in [7, 11) is 1.86. The lowest BCUT2D eigenvalue weighted by molar-refractivity contribution is 0.104. The van der Waals surface area contributed by atoms with Gasteiger partial charge in [0.15, 0.2) is 0 Å². The van der Waals surface area contributed by atoms with Crippen LogP contribution in [0.4, 0.5) is 5.82 Å². The van der Waals surface area contributed by atoms with Gasteiger partial charge >= 0.3 is 0 Å². The summed E-state index contributed by atoms with van der Waals surface area (Å²) in [5.41, 5.74) is 2.09. The number of anilines is 1. The van der Waals surface area contributed by atoms with Crippen molar-refractivity contribution in [2.75, 3.05) is 12.4 Å². The molecule has 0 unspecified atom stereocenters. The number of hydrogen-bond donors (Lipinski definition) is 1. The average Bonchev–Trinajstić information content (AvgIpc) is 2.41. The lowest BCUT2D eigenvalue weighted by Gasteiger charge is -2.06. The van der Waals surface area contributed by atoms with Crippen molar-refractivity contribution in [2.24, 2.45) is 0 Å². The highest BCUT2D eigenvalue weighted by Crippen LogP contribution is 2.12. The van der Waals surface area contributed by atoms with Gasteiger partial charge in [0.1, 0.15) is 5.82 Å². The maximum atomic E-state index is 5.64. The molecule has 0 bridgehead atoms. The highest BCUT2D eigenvalue weighted by atomic mass is 79.9. The third-order valence-electron chi connectivity index (χ3n) is 2.49. The number of nitrogens with zero attached hydrogens (tertiary/aromatic N) is 1. The SMILES string of the molecule is CNc1cccc(COCc2ccc(Br)cc2)n1. The van der Waals surface area contributed by atoms with E-state index in [1.54, 1.807) is 0 Å². The molecule has 1 N–H and O–H groups in total. The lowest BCUT2D eigenvalue weighted by Crippen LogP contribution is -1.99. The van der Waals surface area contributed by atoms with Gasteiger partial charge < -0.3 is 10.1 Å². The van der Waals surface area contributed by atoms with E-state index in [2.05, 4.69) is 26.2 Å². The molecule has 0 radical (unpaired) electrons. The summed E-state index contributed by atoms with van der Waals surface area (Å²) in [4.78, 5) is 4.39. The van der Waals surface area contributed by atoms with Crippen LogP contribution < -0.4 is 5.32 Å².